The van der Waals surface area contributed by atoms with Gasteiger partial charge in [0, 0.05) is 16.6 Å². The van der Waals surface area contributed by atoms with Crippen LogP contribution < -0.4 is 0 Å². The molecule has 0 amide bonds. The molecule has 150 valence electrons. The Kier molecular flexibility index (Phi) is 10.8. The minimum atomic E-state index is 0.882. The van der Waals surface area contributed by atoms with Crippen LogP contribution in [0.4, 0.5) is 0 Å². The Morgan fingerprint density at radius 1 is 0.741 bits per heavy atom. The molecule has 0 unspecified atom stereocenters. The molecule has 0 aliphatic heterocycles. The van der Waals surface area contributed by atoms with E-state index in [0.29, 0.717) is 0 Å². The van der Waals surface area contributed by atoms with Crippen molar-refractivity contribution in [2.24, 2.45) is 0 Å². The van der Waals surface area contributed by atoms with E-state index in [0.717, 1.165) is 23.4 Å². The van der Waals surface area contributed by atoms with Gasteiger partial charge in [0.15, 0.2) is 0 Å². The molecule has 0 aliphatic carbocycles. The zero-order valence-electron chi connectivity index (χ0n) is 17.5. The second-order valence-corrected chi connectivity index (χ2v) is 8.38. The van der Waals surface area contributed by atoms with Gasteiger partial charge in [0.05, 0.1) is 5.52 Å². The predicted molar refractivity (Wildman–Crippen MR) is 121 cm³/mol. The number of unbranched alkanes of at least 4 members (excludes halogenated alkanes) is 10. The van der Waals surface area contributed by atoms with Gasteiger partial charge in [0.25, 0.3) is 0 Å². The molecule has 27 heavy (non-hydrogen) atoms. The van der Waals surface area contributed by atoms with Crippen LogP contribution in [0.25, 0.3) is 10.9 Å². The molecule has 1 aromatic carbocycles. The first-order valence-electron chi connectivity index (χ1n) is 11.3. The number of rotatable bonds is 14. The van der Waals surface area contributed by atoms with Gasteiger partial charge < -0.3 is 0 Å². The van der Waals surface area contributed by atoms with E-state index in [1.165, 1.54) is 93.6 Å². The summed E-state index contributed by atoms with van der Waals surface area (Å²) >= 11 is 6.51. The highest BCUT2D eigenvalue weighted by molar-refractivity contribution is 6.32. The van der Waals surface area contributed by atoms with Crippen molar-refractivity contribution in [3.63, 3.8) is 0 Å². The van der Waals surface area contributed by atoms with Crippen LogP contribution in [0.1, 0.15) is 102 Å². The summed E-state index contributed by atoms with van der Waals surface area (Å²) < 4.78 is 0. The van der Waals surface area contributed by atoms with E-state index < -0.39 is 0 Å². The topological polar surface area (TPSA) is 12.9 Å². The highest BCUT2D eigenvalue weighted by atomic mass is 35.5. The van der Waals surface area contributed by atoms with Crippen LogP contribution in [0.15, 0.2) is 24.4 Å². The van der Waals surface area contributed by atoms with Crippen molar-refractivity contribution in [1.82, 2.24) is 4.98 Å². The lowest BCUT2D eigenvalue weighted by atomic mass is 10.00. The summed E-state index contributed by atoms with van der Waals surface area (Å²) in [5.74, 6) is 0. The fourth-order valence-electron chi connectivity index (χ4n) is 3.85. The van der Waals surface area contributed by atoms with Crippen LogP contribution >= 0.6 is 11.6 Å². The van der Waals surface area contributed by atoms with E-state index in [9.17, 15) is 0 Å². The van der Waals surface area contributed by atoms with Crippen LogP contribution in [0.5, 0.6) is 0 Å². The number of hydrogen-bond donors (Lipinski definition) is 0. The van der Waals surface area contributed by atoms with Gasteiger partial charge in [-0.3, -0.25) is 4.98 Å². The van der Waals surface area contributed by atoms with E-state index in [1.807, 2.05) is 0 Å². The average molecular weight is 388 g/mol. The van der Waals surface area contributed by atoms with Crippen LogP contribution in [-0.4, -0.2) is 4.98 Å². The summed E-state index contributed by atoms with van der Waals surface area (Å²) in [6.45, 7) is 4.54. The Bertz CT molecular complexity index is 665. The van der Waals surface area contributed by atoms with Gasteiger partial charge in [-0.15, -0.1) is 0 Å². The first kappa shape index (κ1) is 22.2. The maximum atomic E-state index is 6.51. The quantitative estimate of drug-likeness (QED) is 0.295. The van der Waals surface area contributed by atoms with Crippen molar-refractivity contribution in [3.8, 4) is 0 Å². The molecule has 0 radical (unpaired) electrons. The normalized spacial score (nSPS) is 11.4. The van der Waals surface area contributed by atoms with Gasteiger partial charge in [0.2, 0.25) is 0 Å². The van der Waals surface area contributed by atoms with Crippen molar-refractivity contribution in [2.45, 2.75) is 104 Å². The summed E-state index contributed by atoms with van der Waals surface area (Å²) in [5.41, 5.74) is 3.73. The van der Waals surface area contributed by atoms with Gasteiger partial charge >= 0.3 is 0 Å². The Morgan fingerprint density at radius 2 is 1.33 bits per heavy atom. The number of aryl methyl sites for hydroxylation is 2. The van der Waals surface area contributed by atoms with Crippen LogP contribution in [0.3, 0.4) is 0 Å². The lowest BCUT2D eigenvalue weighted by Gasteiger charge is -2.10. The van der Waals surface area contributed by atoms with Crippen molar-refractivity contribution in [2.75, 3.05) is 0 Å². The molecule has 1 nitrogen and oxygen atoms in total. The molecular formula is C25H38ClN. The van der Waals surface area contributed by atoms with Crippen molar-refractivity contribution in [3.05, 3.63) is 40.5 Å². The monoisotopic (exact) mass is 387 g/mol. The van der Waals surface area contributed by atoms with E-state index in [1.54, 1.807) is 0 Å². The zero-order chi connectivity index (χ0) is 19.3. The fourth-order valence-corrected chi connectivity index (χ4v) is 4.10. The smallest absolute Gasteiger partial charge is 0.0748 e. The van der Waals surface area contributed by atoms with Crippen molar-refractivity contribution >= 4 is 22.5 Å². The standard InChI is InChI=1S/C25H38ClN/c1-3-5-7-9-11-13-15-21-19-22-17-18-24(26)23(25(22)27-20-21)16-14-12-10-8-6-4-2/h17-20H,3-16H2,1-2H3. The minimum Gasteiger partial charge on any atom is -0.256 e. The Morgan fingerprint density at radius 3 is 2.00 bits per heavy atom. The molecule has 2 rings (SSSR count). The summed E-state index contributed by atoms with van der Waals surface area (Å²) in [5, 5.41) is 2.14. The molecule has 0 atom stereocenters. The van der Waals surface area contributed by atoms with Gasteiger partial charge in [-0.2, -0.15) is 0 Å². The molecule has 0 spiro atoms. The molecule has 0 fully saturated rings. The first-order valence-corrected chi connectivity index (χ1v) is 11.7. The molecule has 0 saturated heterocycles. The first-order chi connectivity index (χ1) is 13.3. The second kappa shape index (κ2) is 13.2. The lowest BCUT2D eigenvalue weighted by molar-refractivity contribution is 0.607. The third-order valence-electron chi connectivity index (χ3n) is 5.56. The number of halogens is 1. The summed E-state index contributed by atoms with van der Waals surface area (Å²) in [4.78, 5) is 4.81. The molecule has 0 saturated carbocycles. The van der Waals surface area contributed by atoms with E-state index in [4.69, 9.17) is 16.6 Å². The molecule has 2 heteroatoms. The maximum absolute atomic E-state index is 6.51. The molecule has 1 aromatic heterocycles. The zero-order valence-corrected chi connectivity index (χ0v) is 18.3. The highest BCUT2D eigenvalue weighted by Crippen LogP contribution is 2.27. The molecular weight excluding hydrogens is 350 g/mol. The minimum absolute atomic E-state index is 0.882. The van der Waals surface area contributed by atoms with Crippen LogP contribution in [0, 0.1) is 0 Å². The Labute approximate surface area is 171 Å². The van der Waals surface area contributed by atoms with Crippen molar-refractivity contribution < 1.29 is 0 Å². The molecule has 0 bridgehead atoms. The molecule has 1 heterocycles. The van der Waals surface area contributed by atoms with Gasteiger partial charge in [-0.25, -0.2) is 0 Å². The SMILES string of the molecule is CCCCCCCCc1cnc2c(CCCCCCCC)c(Cl)ccc2c1. The number of nitrogens with zero attached hydrogens (tertiary/aromatic N) is 1. The summed E-state index contributed by atoms with van der Waals surface area (Å²) in [6.07, 6.45) is 20.2. The summed E-state index contributed by atoms with van der Waals surface area (Å²) in [6, 6.07) is 6.53. The van der Waals surface area contributed by atoms with Gasteiger partial charge in [-0.05, 0) is 48.9 Å². The number of benzene rings is 1. The highest BCUT2D eigenvalue weighted by Gasteiger charge is 2.08. The fraction of sp³-hybridized carbons (Fsp3) is 0.640. The Hall–Kier alpha value is -1.08. The van der Waals surface area contributed by atoms with E-state index in [-0.39, 0.29) is 0 Å². The maximum Gasteiger partial charge on any atom is 0.0748 e. The van der Waals surface area contributed by atoms with Crippen LogP contribution in [0.2, 0.25) is 5.02 Å². The van der Waals surface area contributed by atoms with Crippen LogP contribution in [-0.2, 0) is 12.8 Å². The molecule has 0 aliphatic rings. The molecule has 0 N–H and O–H groups in total. The van der Waals surface area contributed by atoms with Gasteiger partial charge in [-0.1, -0.05) is 95.7 Å². The number of aromatic nitrogens is 1. The average Bonchev–Trinajstić information content (AvgIpc) is 2.68. The second-order valence-electron chi connectivity index (χ2n) is 7.98. The largest absolute Gasteiger partial charge is 0.256 e. The summed E-state index contributed by atoms with van der Waals surface area (Å²) in [7, 11) is 0. The third-order valence-corrected chi connectivity index (χ3v) is 5.91. The van der Waals surface area contributed by atoms with Gasteiger partial charge in [0.1, 0.15) is 0 Å². The number of hydrogen-bond acceptors (Lipinski definition) is 1. The van der Waals surface area contributed by atoms with E-state index in [2.05, 4.69) is 38.2 Å². The van der Waals surface area contributed by atoms with E-state index >= 15 is 0 Å². The third kappa shape index (κ3) is 7.82. The lowest BCUT2D eigenvalue weighted by Crippen LogP contribution is -1.95. The van der Waals surface area contributed by atoms with Crippen molar-refractivity contribution in [1.29, 1.82) is 0 Å². The predicted octanol–water partition coefficient (Wildman–Crippen LogP) is 8.69. The number of pyridine rings is 1. The number of fused-ring (bicyclic) bond motifs is 1. The molecule has 2 aromatic rings. The Balaban J connectivity index is 1.89.